The van der Waals surface area contributed by atoms with E-state index in [1.165, 1.54) is 5.56 Å². The largest absolute Gasteiger partial charge is 0.496 e. The van der Waals surface area contributed by atoms with Crippen LogP contribution in [-0.2, 0) is 11.3 Å². The first-order valence-electron chi connectivity index (χ1n) is 10.5. The SMILES string of the molecule is COc1ccccc1C(C1CN(Cc2ccccc2)CCO1)C(O)c1ccccc1. The normalized spacial score (nSPS) is 19.2. The van der Waals surface area contributed by atoms with Crippen LogP contribution in [0, 0.1) is 0 Å². The fourth-order valence-corrected chi connectivity index (χ4v) is 4.31. The molecular weight excluding hydrogens is 374 g/mol. The Morgan fingerprint density at radius 1 is 0.967 bits per heavy atom. The van der Waals surface area contributed by atoms with Crippen LogP contribution in [0.4, 0.5) is 0 Å². The Morgan fingerprint density at radius 3 is 2.37 bits per heavy atom. The van der Waals surface area contributed by atoms with Crippen LogP contribution < -0.4 is 4.74 Å². The van der Waals surface area contributed by atoms with Crippen LogP contribution >= 0.6 is 0 Å². The Balaban J connectivity index is 1.63. The van der Waals surface area contributed by atoms with Crippen LogP contribution in [-0.4, -0.2) is 42.9 Å². The predicted molar refractivity (Wildman–Crippen MR) is 119 cm³/mol. The number of ether oxygens (including phenoxy) is 2. The monoisotopic (exact) mass is 403 g/mol. The van der Waals surface area contributed by atoms with Crippen molar-refractivity contribution >= 4 is 0 Å². The lowest BCUT2D eigenvalue weighted by Crippen LogP contribution is -2.45. The first-order chi connectivity index (χ1) is 14.8. The van der Waals surface area contributed by atoms with Crippen LogP contribution in [0.15, 0.2) is 84.9 Å². The van der Waals surface area contributed by atoms with Crippen molar-refractivity contribution in [2.75, 3.05) is 26.8 Å². The summed E-state index contributed by atoms with van der Waals surface area (Å²) in [6.07, 6.45) is -0.835. The fraction of sp³-hybridized carbons (Fsp3) is 0.308. The average Bonchev–Trinajstić information content (AvgIpc) is 2.81. The quantitative estimate of drug-likeness (QED) is 0.634. The van der Waals surface area contributed by atoms with E-state index in [9.17, 15) is 5.11 Å². The highest BCUT2D eigenvalue weighted by Gasteiger charge is 2.36. The van der Waals surface area contributed by atoms with Crippen molar-refractivity contribution in [2.24, 2.45) is 0 Å². The molecule has 1 fully saturated rings. The second kappa shape index (κ2) is 9.90. The molecule has 0 saturated carbocycles. The van der Waals surface area contributed by atoms with Crippen LogP contribution in [0.5, 0.6) is 5.75 Å². The predicted octanol–water partition coefficient (Wildman–Crippen LogP) is 4.41. The zero-order valence-corrected chi connectivity index (χ0v) is 17.4. The molecule has 1 saturated heterocycles. The minimum atomic E-state index is -0.691. The van der Waals surface area contributed by atoms with Gasteiger partial charge >= 0.3 is 0 Å². The van der Waals surface area contributed by atoms with Gasteiger partial charge in [0.05, 0.1) is 25.9 Å². The van der Waals surface area contributed by atoms with E-state index in [4.69, 9.17) is 9.47 Å². The highest BCUT2D eigenvalue weighted by Crippen LogP contribution is 2.40. The molecule has 3 atom stereocenters. The Hall–Kier alpha value is -2.66. The van der Waals surface area contributed by atoms with Gasteiger partial charge in [-0.1, -0.05) is 78.9 Å². The third-order valence-electron chi connectivity index (χ3n) is 5.81. The lowest BCUT2D eigenvalue weighted by atomic mass is 9.83. The van der Waals surface area contributed by atoms with E-state index in [0.29, 0.717) is 6.61 Å². The average molecular weight is 404 g/mol. The Bertz CT molecular complexity index is 916. The Labute approximate surface area is 178 Å². The molecule has 0 amide bonds. The second-order valence-electron chi connectivity index (χ2n) is 7.75. The molecule has 156 valence electrons. The molecule has 0 bridgehead atoms. The molecule has 1 N–H and O–H groups in total. The van der Waals surface area contributed by atoms with E-state index in [1.807, 2.05) is 60.7 Å². The number of benzene rings is 3. The van der Waals surface area contributed by atoms with E-state index in [2.05, 4.69) is 29.2 Å². The molecule has 3 unspecified atom stereocenters. The number of aliphatic hydroxyl groups excluding tert-OH is 1. The highest BCUT2D eigenvalue weighted by atomic mass is 16.5. The molecule has 4 rings (SSSR count). The van der Waals surface area contributed by atoms with Crippen molar-refractivity contribution in [1.82, 2.24) is 4.90 Å². The summed E-state index contributed by atoms with van der Waals surface area (Å²) < 4.78 is 11.9. The van der Waals surface area contributed by atoms with E-state index in [1.54, 1.807) is 7.11 Å². The summed E-state index contributed by atoms with van der Waals surface area (Å²) in [6.45, 7) is 3.15. The maximum atomic E-state index is 11.4. The van der Waals surface area contributed by atoms with E-state index in [0.717, 1.165) is 36.5 Å². The standard InChI is InChI=1S/C26H29NO3/c1-29-23-15-9-8-14-22(23)25(26(28)21-12-6-3-7-13-21)24-19-27(16-17-30-24)18-20-10-4-2-5-11-20/h2-15,24-26,28H,16-19H2,1H3. The van der Waals surface area contributed by atoms with Gasteiger partial charge in [0.1, 0.15) is 5.75 Å². The van der Waals surface area contributed by atoms with Gasteiger partial charge in [-0.2, -0.15) is 0 Å². The van der Waals surface area contributed by atoms with Crippen LogP contribution in [0.25, 0.3) is 0 Å². The Morgan fingerprint density at radius 2 is 1.63 bits per heavy atom. The maximum Gasteiger partial charge on any atom is 0.122 e. The highest BCUT2D eigenvalue weighted by molar-refractivity contribution is 5.39. The minimum Gasteiger partial charge on any atom is -0.496 e. The molecular formula is C26H29NO3. The number of para-hydroxylation sites is 1. The van der Waals surface area contributed by atoms with Crippen LogP contribution in [0.2, 0.25) is 0 Å². The van der Waals surface area contributed by atoms with Crippen molar-refractivity contribution in [3.63, 3.8) is 0 Å². The van der Waals surface area contributed by atoms with E-state index in [-0.39, 0.29) is 12.0 Å². The van der Waals surface area contributed by atoms with Gasteiger partial charge in [-0.25, -0.2) is 0 Å². The number of rotatable bonds is 7. The summed E-state index contributed by atoms with van der Waals surface area (Å²) in [5, 5.41) is 11.4. The summed E-state index contributed by atoms with van der Waals surface area (Å²) in [5.41, 5.74) is 3.15. The number of hydrogen-bond donors (Lipinski definition) is 1. The molecule has 0 radical (unpaired) electrons. The maximum absolute atomic E-state index is 11.4. The first-order valence-corrected chi connectivity index (χ1v) is 10.5. The second-order valence-corrected chi connectivity index (χ2v) is 7.75. The van der Waals surface area contributed by atoms with Crippen molar-refractivity contribution in [2.45, 2.75) is 24.7 Å². The summed E-state index contributed by atoms with van der Waals surface area (Å²) in [5.74, 6) is 0.545. The zero-order valence-electron chi connectivity index (χ0n) is 17.4. The van der Waals surface area contributed by atoms with Gasteiger partial charge in [0, 0.05) is 31.1 Å². The minimum absolute atomic E-state index is 0.144. The third kappa shape index (κ3) is 4.73. The lowest BCUT2D eigenvalue weighted by molar-refractivity contribution is -0.0672. The number of morpholine rings is 1. The van der Waals surface area contributed by atoms with Crippen LogP contribution in [0.1, 0.15) is 28.7 Å². The Kier molecular flexibility index (Phi) is 6.80. The molecule has 30 heavy (non-hydrogen) atoms. The van der Waals surface area contributed by atoms with Crippen molar-refractivity contribution in [1.29, 1.82) is 0 Å². The summed E-state index contributed by atoms with van der Waals surface area (Å²) in [4.78, 5) is 2.41. The molecule has 0 aliphatic carbocycles. The van der Waals surface area contributed by atoms with Crippen LogP contribution in [0.3, 0.4) is 0 Å². The molecule has 1 heterocycles. The molecule has 1 aliphatic rings. The topological polar surface area (TPSA) is 41.9 Å². The first kappa shape index (κ1) is 20.6. The summed E-state index contributed by atoms with van der Waals surface area (Å²) >= 11 is 0. The number of hydrogen-bond acceptors (Lipinski definition) is 4. The van der Waals surface area contributed by atoms with Crippen molar-refractivity contribution < 1.29 is 14.6 Å². The molecule has 3 aromatic rings. The summed E-state index contributed by atoms with van der Waals surface area (Å²) in [7, 11) is 1.67. The zero-order chi connectivity index (χ0) is 20.8. The molecule has 4 heteroatoms. The smallest absolute Gasteiger partial charge is 0.122 e. The van der Waals surface area contributed by atoms with Crippen molar-refractivity contribution in [3.05, 3.63) is 102 Å². The molecule has 0 aromatic heterocycles. The van der Waals surface area contributed by atoms with Gasteiger partial charge in [-0.15, -0.1) is 0 Å². The van der Waals surface area contributed by atoms with E-state index < -0.39 is 6.10 Å². The molecule has 0 spiro atoms. The number of aliphatic hydroxyl groups is 1. The van der Waals surface area contributed by atoms with Gasteiger partial charge in [-0.05, 0) is 17.2 Å². The van der Waals surface area contributed by atoms with Gasteiger partial charge < -0.3 is 14.6 Å². The lowest BCUT2D eigenvalue weighted by Gasteiger charge is -2.39. The molecule has 3 aromatic carbocycles. The number of methoxy groups -OCH3 is 1. The fourth-order valence-electron chi connectivity index (χ4n) is 4.31. The van der Waals surface area contributed by atoms with Crippen molar-refractivity contribution in [3.8, 4) is 5.75 Å². The van der Waals surface area contributed by atoms with Gasteiger partial charge in [0.15, 0.2) is 0 Å². The van der Waals surface area contributed by atoms with Gasteiger partial charge in [0.2, 0.25) is 0 Å². The summed E-state index contributed by atoms with van der Waals surface area (Å²) in [6, 6.07) is 28.3. The van der Waals surface area contributed by atoms with Gasteiger partial charge in [-0.3, -0.25) is 4.90 Å². The number of nitrogens with zero attached hydrogens (tertiary/aromatic N) is 1. The molecule has 1 aliphatic heterocycles. The third-order valence-corrected chi connectivity index (χ3v) is 5.81. The molecule has 4 nitrogen and oxygen atoms in total. The van der Waals surface area contributed by atoms with E-state index >= 15 is 0 Å². The van der Waals surface area contributed by atoms with Gasteiger partial charge in [0.25, 0.3) is 0 Å².